The molecule has 118 valence electrons. The summed E-state index contributed by atoms with van der Waals surface area (Å²) in [5.74, 6) is -0.388. The highest BCUT2D eigenvalue weighted by Gasteiger charge is 2.19. The van der Waals surface area contributed by atoms with Crippen molar-refractivity contribution in [3.05, 3.63) is 74.1 Å². The summed E-state index contributed by atoms with van der Waals surface area (Å²) in [5, 5.41) is 25.7. The van der Waals surface area contributed by atoms with E-state index < -0.39 is 15.5 Å². The summed E-state index contributed by atoms with van der Waals surface area (Å²) in [4.78, 5) is 20.2. The van der Waals surface area contributed by atoms with E-state index >= 15 is 0 Å². The molecule has 0 atom stereocenters. The van der Waals surface area contributed by atoms with Crippen LogP contribution in [0.25, 0.3) is 0 Å². The highest BCUT2D eigenvalue weighted by Crippen LogP contribution is 2.28. The van der Waals surface area contributed by atoms with Crippen LogP contribution in [0.4, 0.5) is 21.5 Å². The van der Waals surface area contributed by atoms with Gasteiger partial charge in [0.1, 0.15) is 11.5 Å². The van der Waals surface area contributed by atoms with E-state index in [1.807, 2.05) is 0 Å². The third-order valence-electron chi connectivity index (χ3n) is 2.99. The van der Waals surface area contributed by atoms with Crippen LogP contribution in [-0.2, 0) is 0 Å². The van der Waals surface area contributed by atoms with Gasteiger partial charge in [-0.3, -0.25) is 25.7 Å². The summed E-state index contributed by atoms with van der Waals surface area (Å²) in [6.07, 6.45) is 0. The second-order valence-corrected chi connectivity index (χ2v) is 4.53. The lowest BCUT2D eigenvalue weighted by Crippen LogP contribution is -2.02. The minimum atomic E-state index is -0.738. The molecule has 0 saturated carbocycles. The van der Waals surface area contributed by atoms with Crippen LogP contribution in [0, 0.1) is 26.0 Å². The van der Waals surface area contributed by atoms with Gasteiger partial charge in [-0.25, -0.2) is 4.39 Å². The number of hydrazone groups is 1. The summed E-state index contributed by atoms with van der Waals surface area (Å²) < 4.78 is 12.9. The Labute approximate surface area is 129 Å². The molecule has 0 radical (unpaired) electrons. The quantitative estimate of drug-likeness (QED) is 0.515. The van der Waals surface area contributed by atoms with Crippen LogP contribution in [-0.4, -0.2) is 15.6 Å². The van der Waals surface area contributed by atoms with Crippen molar-refractivity contribution in [1.29, 1.82) is 0 Å². The van der Waals surface area contributed by atoms with Crippen LogP contribution in [0.15, 0.2) is 47.6 Å². The molecule has 0 aliphatic heterocycles. The molecule has 0 spiro atoms. The first-order chi connectivity index (χ1) is 10.9. The predicted octanol–water partition coefficient (Wildman–Crippen LogP) is 3.48. The number of anilines is 1. The minimum absolute atomic E-state index is 0.0158. The average molecular weight is 318 g/mol. The Bertz CT molecular complexity index is 790. The number of nitro benzene ring substituents is 2. The fourth-order valence-electron chi connectivity index (χ4n) is 1.78. The largest absolute Gasteiger partial charge is 0.301 e. The molecular weight excluding hydrogens is 307 g/mol. The van der Waals surface area contributed by atoms with Crippen molar-refractivity contribution in [2.24, 2.45) is 5.10 Å². The molecule has 0 saturated heterocycles. The molecule has 0 unspecified atom stereocenters. The van der Waals surface area contributed by atoms with E-state index in [-0.39, 0.29) is 17.2 Å². The molecule has 8 nitrogen and oxygen atoms in total. The van der Waals surface area contributed by atoms with E-state index in [1.165, 1.54) is 30.3 Å². The van der Waals surface area contributed by atoms with Gasteiger partial charge in [-0.1, -0.05) is 12.1 Å². The molecule has 2 aromatic carbocycles. The van der Waals surface area contributed by atoms with Gasteiger partial charge >= 0.3 is 5.69 Å². The van der Waals surface area contributed by atoms with Gasteiger partial charge < -0.3 is 0 Å². The lowest BCUT2D eigenvalue weighted by atomic mass is 10.1. The van der Waals surface area contributed by atoms with Crippen LogP contribution in [0.5, 0.6) is 0 Å². The summed E-state index contributed by atoms with van der Waals surface area (Å²) in [6, 6.07) is 8.76. The van der Waals surface area contributed by atoms with Crippen LogP contribution in [0.1, 0.15) is 12.5 Å². The van der Waals surface area contributed by atoms with E-state index in [0.717, 1.165) is 12.1 Å². The van der Waals surface area contributed by atoms with Crippen molar-refractivity contribution >= 4 is 22.8 Å². The monoisotopic (exact) mass is 318 g/mol. The Balaban J connectivity index is 2.28. The number of halogens is 1. The fourth-order valence-corrected chi connectivity index (χ4v) is 1.78. The van der Waals surface area contributed by atoms with Gasteiger partial charge in [0.2, 0.25) is 0 Å². The Kier molecular flexibility index (Phi) is 4.60. The van der Waals surface area contributed by atoms with Crippen LogP contribution < -0.4 is 5.43 Å². The Hall–Kier alpha value is -3.36. The molecule has 2 rings (SSSR count). The van der Waals surface area contributed by atoms with Crippen molar-refractivity contribution in [1.82, 2.24) is 0 Å². The summed E-state index contributed by atoms with van der Waals surface area (Å²) in [7, 11) is 0. The predicted molar refractivity (Wildman–Crippen MR) is 82.0 cm³/mol. The molecular formula is C14H11FN4O4. The van der Waals surface area contributed by atoms with Gasteiger partial charge in [0.25, 0.3) is 5.69 Å². The van der Waals surface area contributed by atoms with Gasteiger partial charge in [0.05, 0.1) is 21.6 Å². The zero-order chi connectivity index (χ0) is 17.0. The zero-order valence-corrected chi connectivity index (χ0v) is 11.9. The van der Waals surface area contributed by atoms with Crippen molar-refractivity contribution in [3.63, 3.8) is 0 Å². The first-order valence-electron chi connectivity index (χ1n) is 6.37. The third-order valence-corrected chi connectivity index (χ3v) is 2.99. The van der Waals surface area contributed by atoms with Crippen molar-refractivity contribution in [2.75, 3.05) is 5.43 Å². The molecule has 0 heterocycles. The molecule has 0 bridgehead atoms. The van der Waals surface area contributed by atoms with Gasteiger partial charge in [0.15, 0.2) is 0 Å². The molecule has 0 aliphatic carbocycles. The molecule has 9 heteroatoms. The van der Waals surface area contributed by atoms with Gasteiger partial charge in [-0.05, 0) is 30.7 Å². The number of rotatable bonds is 5. The highest BCUT2D eigenvalue weighted by molar-refractivity contribution is 5.99. The number of nitro groups is 2. The number of hydrogen-bond donors (Lipinski definition) is 1. The lowest BCUT2D eigenvalue weighted by Gasteiger charge is -2.04. The fraction of sp³-hybridized carbons (Fsp3) is 0.0714. The molecule has 2 aromatic rings. The summed E-state index contributed by atoms with van der Waals surface area (Å²) in [6.45, 7) is 1.64. The second kappa shape index (κ2) is 6.60. The number of benzene rings is 2. The number of hydrogen-bond acceptors (Lipinski definition) is 6. The second-order valence-electron chi connectivity index (χ2n) is 4.53. The van der Waals surface area contributed by atoms with E-state index in [4.69, 9.17) is 0 Å². The van der Waals surface area contributed by atoms with Crippen molar-refractivity contribution in [3.8, 4) is 0 Å². The van der Waals surface area contributed by atoms with E-state index in [9.17, 15) is 24.6 Å². The van der Waals surface area contributed by atoms with Gasteiger partial charge in [0, 0.05) is 6.07 Å². The van der Waals surface area contributed by atoms with Crippen LogP contribution in [0.2, 0.25) is 0 Å². The standard InChI is InChI=1S/C14H11FN4O4/c1-9(10-2-4-11(15)5-3-10)16-17-13-7-6-12(18(20)21)8-14(13)19(22)23/h2-8,17H,1H3. The van der Waals surface area contributed by atoms with Gasteiger partial charge in [-0.15, -0.1) is 0 Å². The summed E-state index contributed by atoms with van der Waals surface area (Å²) >= 11 is 0. The zero-order valence-electron chi connectivity index (χ0n) is 11.9. The van der Waals surface area contributed by atoms with Crippen molar-refractivity contribution < 1.29 is 14.2 Å². The van der Waals surface area contributed by atoms with Crippen molar-refractivity contribution in [2.45, 2.75) is 6.92 Å². The topological polar surface area (TPSA) is 111 Å². The van der Waals surface area contributed by atoms with Crippen LogP contribution >= 0.6 is 0 Å². The van der Waals surface area contributed by atoms with Gasteiger partial charge in [-0.2, -0.15) is 5.10 Å². The maximum absolute atomic E-state index is 12.9. The maximum atomic E-state index is 12.9. The molecule has 1 N–H and O–H groups in total. The smallest absolute Gasteiger partial charge is 0.271 e. The Morgan fingerprint density at radius 1 is 1.09 bits per heavy atom. The number of nitrogens with zero attached hydrogens (tertiary/aromatic N) is 3. The first kappa shape index (κ1) is 16.0. The lowest BCUT2D eigenvalue weighted by molar-refractivity contribution is -0.393. The molecule has 0 fully saturated rings. The summed E-state index contributed by atoms with van der Waals surface area (Å²) in [5.41, 5.74) is 2.77. The normalized spacial score (nSPS) is 11.1. The number of non-ortho nitro benzene ring substituents is 1. The molecule has 0 amide bonds. The van der Waals surface area contributed by atoms with E-state index in [0.29, 0.717) is 11.3 Å². The molecule has 23 heavy (non-hydrogen) atoms. The van der Waals surface area contributed by atoms with E-state index in [2.05, 4.69) is 10.5 Å². The molecule has 0 aromatic heterocycles. The van der Waals surface area contributed by atoms with E-state index in [1.54, 1.807) is 6.92 Å². The average Bonchev–Trinajstić information content (AvgIpc) is 2.52. The minimum Gasteiger partial charge on any atom is -0.271 e. The first-order valence-corrected chi connectivity index (χ1v) is 6.37. The number of nitrogens with one attached hydrogen (secondary N) is 1. The third kappa shape index (κ3) is 3.84. The Morgan fingerprint density at radius 3 is 2.30 bits per heavy atom. The van der Waals surface area contributed by atoms with Crippen LogP contribution in [0.3, 0.4) is 0 Å². The SMILES string of the molecule is CC(=NNc1ccc([N+](=O)[O-])cc1[N+](=O)[O-])c1ccc(F)cc1. The Morgan fingerprint density at radius 2 is 1.74 bits per heavy atom. The molecule has 0 aliphatic rings. The highest BCUT2D eigenvalue weighted by atomic mass is 19.1. The maximum Gasteiger partial charge on any atom is 0.301 e.